The molecule has 1 unspecified atom stereocenters. The number of hydrogen-bond acceptors (Lipinski definition) is 4. The third kappa shape index (κ3) is 5.32. The third-order valence-electron chi connectivity index (χ3n) is 3.93. The molecule has 26 heavy (non-hydrogen) atoms. The van der Waals surface area contributed by atoms with Crippen molar-refractivity contribution in [3.63, 3.8) is 0 Å². The van der Waals surface area contributed by atoms with Crippen LogP contribution in [-0.2, 0) is 19.2 Å². The Labute approximate surface area is 153 Å². The molecule has 1 heterocycles. The number of hydrogen-bond donors (Lipinski definition) is 4. The zero-order valence-electron chi connectivity index (χ0n) is 15.4. The summed E-state index contributed by atoms with van der Waals surface area (Å²) in [7, 11) is 1.81. The summed E-state index contributed by atoms with van der Waals surface area (Å²) in [5, 5.41) is 21.0. The molecule has 1 amide bonds. The Kier molecular flexibility index (Phi) is 6.35. The maximum atomic E-state index is 11.1. The van der Waals surface area contributed by atoms with Crippen molar-refractivity contribution in [2.24, 2.45) is 17.8 Å². The minimum atomic E-state index is -1.08. The number of nitrogens with one attached hydrogen (secondary N) is 2. The smallest absolute Gasteiger partial charge is 0.248 e. The van der Waals surface area contributed by atoms with Crippen molar-refractivity contribution in [2.75, 3.05) is 13.1 Å². The first-order valence-electron chi connectivity index (χ1n) is 8.44. The van der Waals surface area contributed by atoms with Gasteiger partial charge in [-0.25, -0.2) is 4.99 Å². The van der Waals surface area contributed by atoms with Crippen molar-refractivity contribution in [1.29, 1.82) is 0 Å². The van der Waals surface area contributed by atoms with E-state index >= 15 is 0 Å². The number of aliphatic hydroxyl groups is 1. The van der Waals surface area contributed by atoms with Gasteiger partial charge in [-0.1, -0.05) is 12.1 Å². The number of aryl methyl sites for hydroxylation is 1. The van der Waals surface area contributed by atoms with Crippen LogP contribution in [0.1, 0.15) is 35.3 Å². The summed E-state index contributed by atoms with van der Waals surface area (Å²) in [5.74, 6) is 0.142. The number of primary amides is 1. The lowest BCUT2D eigenvalue weighted by Gasteiger charge is -2.23. The molecule has 0 saturated heterocycles. The Hall–Kier alpha value is -2.87. The SMILES string of the molecule is CCNC(=NCc1ccc(C(N)=O)cc1)NCC(C)(O)c1cnn(C)c1. The first-order valence-corrected chi connectivity index (χ1v) is 8.44. The summed E-state index contributed by atoms with van der Waals surface area (Å²) in [6, 6.07) is 7.00. The third-order valence-corrected chi connectivity index (χ3v) is 3.93. The standard InChI is InChI=1S/C18H26N6O2/c1-4-20-17(21-9-13-5-7-14(8-6-13)16(19)25)22-12-18(2,26)15-10-23-24(3)11-15/h5-8,10-11,26H,4,9,12H2,1-3H3,(H2,19,25)(H2,20,21,22). The maximum absolute atomic E-state index is 11.1. The zero-order valence-corrected chi connectivity index (χ0v) is 15.4. The van der Waals surface area contributed by atoms with Crippen molar-refractivity contribution >= 4 is 11.9 Å². The fourth-order valence-electron chi connectivity index (χ4n) is 2.34. The normalized spacial score (nSPS) is 13.9. The van der Waals surface area contributed by atoms with Crippen LogP contribution < -0.4 is 16.4 Å². The van der Waals surface area contributed by atoms with E-state index in [1.807, 2.05) is 26.1 Å². The molecule has 5 N–H and O–H groups in total. The molecule has 1 aromatic heterocycles. The van der Waals surface area contributed by atoms with Gasteiger partial charge in [0.2, 0.25) is 5.91 Å². The molecule has 0 aliphatic rings. The van der Waals surface area contributed by atoms with E-state index in [1.54, 1.807) is 36.1 Å². The lowest BCUT2D eigenvalue weighted by Crippen LogP contribution is -2.44. The molecule has 1 aromatic carbocycles. The van der Waals surface area contributed by atoms with E-state index < -0.39 is 11.5 Å². The van der Waals surface area contributed by atoms with Gasteiger partial charge in [-0.3, -0.25) is 9.48 Å². The number of rotatable bonds is 7. The highest BCUT2D eigenvalue weighted by molar-refractivity contribution is 5.92. The van der Waals surface area contributed by atoms with Crippen molar-refractivity contribution < 1.29 is 9.90 Å². The molecule has 0 fully saturated rings. The van der Waals surface area contributed by atoms with Gasteiger partial charge in [-0.05, 0) is 31.5 Å². The van der Waals surface area contributed by atoms with Gasteiger partial charge in [-0.2, -0.15) is 5.10 Å². The van der Waals surface area contributed by atoms with Gasteiger partial charge in [0.1, 0.15) is 5.60 Å². The summed E-state index contributed by atoms with van der Waals surface area (Å²) in [6.07, 6.45) is 3.43. The second-order valence-corrected chi connectivity index (χ2v) is 6.29. The van der Waals surface area contributed by atoms with Crippen LogP contribution in [0, 0.1) is 0 Å². The predicted molar refractivity (Wildman–Crippen MR) is 101 cm³/mol. The lowest BCUT2D eigenvalue weighted by molar-refractivity contribution is 0.0616. The van der Waals surface area contributed by atoms with E-state index in [0.717, 1.165) is 11.1 Å². The second-order valence-electron chi connectivity index (χ2n) is 6.29. The summed E-state index contributed by atoms with van der Waals surface area (Å²) >= 11 is 0. The molecule has 1 atom stereocenters. The molecule has 0 spiro atoms. The first kappa shape index (κ1) is 19.5. The number of benzene rings is 1. The molecular formula is C18H26N6O2. The Morgan fingerprint density at radius 2 is 2.04 bits per heavy atom. The summed E-state index contributed by atoms with van der Waals surface area (Å²) < 4.78 is 1.65. The minimum absolute atomic E-state index is 0.283. The number of aromatic nitrogens is 2. The van der Waals surface area contributed by atoms with Gasteiger partial charge >= 0.3 is 0 Å². The number of guanidine groups is 1. The topological polar surface area (TPSA) is 118 Å². The predicted octanol–water partition coefficient (Wildman–Crippen LogP) is 0.482. The monoisotopic (exact) mass is 358 g/mol. The van der Waals surface area contributed by atoms with Gasteiger partial charge in [0, 0.05) is 30.9 Å². The quantitative estimate of drug-likeness (QED) is 0.424. The van der Waals surface area contributed by atoms with Crippen LogP contribution in [0.4, 0.5) is 0 Å². The first-order chi connectivity index (χ1) is 12.3. The van der Waals surface area contributed by atoms with Gasteiger partial charge in [0.05, 0.1) is 19.3 Å². The summed E-state index contributed by atoms with van der Waals surface area (Å²) in [6.45, 7) is 5.11. The van der Waals surface area contributed by atoms with Crippen LogP contribution in [-0.4, -0.2) is 39.8 Å². The van der Waals surface area contributed by atoms with E-state index in [2.05, 4.69) is 20.7 Å². The highest BCUT2D eigenvalue weighted by atomic mass is 16.3. The molecule has 0 bridgehead atoms. The summed E-state index contributed by atoms with van der Waals surface area (Å²) in [5.41, 5.74) is 6.31. The average Bonchev–Trinajstić information content (AvgIpc) is 3.05. The van der Waals surface area contributed by atoms with Gasteiger partial charge < -0.3 is 21.5 Å². The van der Waals surface area contributed by atoms with Crippen LogP contribution >= 0.6 is 0 Å². The highest BCUT2D eigenvalue weighted by Crippen LogP contribution is 2.18. The van der Waals surface area contributed by atoms with Gasteiger partial charge in [-0.15, -0.1) is 0 Å². The zero-order chi connectivity index (χ0) is 19.2. The molecule has 0 radical (unpaired) electrons. The Morgan fingerprint density at radius 3 is 2.58 bits per heavy atom. The lowest BCUT2D eigenvalue weighted by atomic mass is 10.00. The molecule has 8 heteroatoms. The molecule has 0 aliphatic carbocycles. The number of nitrogens with zero attached hydrogens (tertiary/aromatic N) is 3. The second kappa shape index (κ2) is 8.48. The van der Waals surface area contributed by atoms with Gasteiger partial charge in [0.15, 0.2) is 5.96 Å². The molecule has 8 nitrogen and oxygen atoms in total. The number of amides is 1. The number of carbonyl (C=O) groups is 1. The Bertz CT molecular complexity index is 764. The van der Waals surface area contributed by atoms with E-state index in [1.165, 1.54) is 0 Å². The van der Waals surface area contributed by atoms with Crippen molar-refractivity contribution in [2.45, 2.75) is 26.0 Å². The van der Waals surface area contributed by atoms with Crippen molar-refractivity contribution in [3.05, 3.63) is 53.3 Å². The van der Waals surface area contributed by atoms with Crippen LogP contribution in [0.2, 0.25) is 0 Å². The van der Waals surface area contributed by atoms with Crippen LogP contribution in [0.5, 0.6) is 0 Å². The Morgan fingerprint density at radius 1 is 1.35 bits per heavy atom. The Balaban J connectivity index is 2.00. The average molecular weight is 358 g/mol. The molecule has 2 rings (SSSR count). The van der Waals surface area contributed by atoms with Crippen LogP contribution in [0.15, 0.2) is 41.7 Å². The van der Waals surface area contributed by atoms with E-state index in [0.29, 0.717) is 24.6 Å². The molecule has 2 aromatic rings. The van der Waals surface area contributed by atoms with E-state index in [9.17, 15) is 9.90 Å². The molecule has 0 aliphatic heterocycles. The maximum Gasteiger partial charge on any atom is 0.248 e. The molecule has 140 valence electrons. The number of aliphatic imine (C=N–C) groups is 1. The highest BCUT2D eigenvalue weighted by Gasteiger charge is 2.24. The van der Waals surface area contributed by atoms with Crippen LogP contribution in [0.3, 0.4) is 0 Å². The fourth-order valence-corrected chi connectivity index (χ4v) is 2.34. The fraction of sp³-hybridized carbons (Fsp3) is 0.389. The minimum Gasteiger partial charge on any atom is -0.383 e. The molecular weight excluding hydrogens is 332 g/mol. The van der Waals surface area contributed by atoms with E-state index in [4.69, 9.17) is 5.73 Å². The van der Waals surface area contributed by atoms with Crippen LogP contribution in [0.25, 0.3) is 0 Å². The van der Waals surface area contributed by atoms with Crippen molar-refractivity contribution in [1.82, 2.24) is 20.4 Å². The van der Waals surface area contributed by atoms with Crippen molar-refractivity contribution in [3.8, 4) is 0 Å². The molecule has 0 saturated carbocycles. The summed E-state index contributed by atoms with van der Waals surface area (Å²) in [4.78, 5) is 15.6. The number of nitrogens with two attached hydrogens (primary N) is 1. The number of carbonyl (C=O) groups excluding carboxylic acids is 1. The largest absolute Gasteiger partial charge is 0.383 e. The van der Waals surface area contributed by atoms with Gasteiger partial charge in [0.25, 0.3) is 0 Å². The van der Waals surface area contributed by atoms with E-state index in [-0.39, 0.29) is 6.54 Å².